The molecule has 2 aliphatic rings. The molecule has 1 amide bonds. The monoisotopic (exact) mass is 297 g/mol. The van der Waals surface area contributed by atoms with Crippen molar-refractivity contribution in [1.82, 2.24) is 15.5 Å². The van der Waals surface area contributed by atoms with E-state index in [2.05, 4.69) is 15.5 Å². The number of amides is 1. The van der Waals surface area contributed by atoms with Gasteiger partial charge in [-0.15, -0.1) is 0 Å². The van der Waals surface area contributed by atoms with Gasteiger partial charge in [0.1, 0.15) is 0 Å². The fourth-order valence-electron chi connectivity index (χ4n) is 3.37. The van der Waals surface area contributed by atoms with Crippen molar-refractivity contribution in [2.24, 2.45) is 0 Å². The van der Waals surface area contributed by atoms with Crippen molar-refractivity contribution in [2.75, 3.05) is 32.8 Å². The summed E-state index contributed by atoms with van der Waals surface area (Å²) in [5, 5.41) is 6.49. The van der Waals surface area contributed by atoms with Gasteiger partial charge < -0.3 is 15.4 Å². The quantitative estimate of drug-likeness (QED) is 0.692. The Morgan fingerprint density at radius 1 is 1.33 bits per heavy atom. The predicted molar refractivity (Wildman–Crippen MR) is 84.3 cm³/mol. The van der Waals surface area contributed by atoms with Crippen molar-refractivity contribution < 1.29 is 9.53 Å². The normalized spacial score (nSPS) is 24.6. The SMILES string of the molecule is CC(C)OCCCNC(=O)C1CCCN1C1CCNCC1. The molecule has 5 nitrogen and oxygen atoms in total. The highest BCUT2D eigenvalue weighted by Crippen LogP contribution is 2.24. The lowest BCUT2D eigenvalue weighted by atomic mass is 10.0. The molecule has 2 rings (SSSR count). The first-order valence-corrected chi connectivity index (χ1v) is 8.54. The molecule has 0 aromatic carbocycles. The van der Waals surface area contributed by atoms with Crippen LogP contribution in [-0.4, -0.2) is 61.8 Å². The highest BCUT2D eigenvalue weighted by atomic mass is 16.5. The van der Waals surface area contributed by atoms with E-state index in [4.69, 9.17) is 4.74 Å². The van der Waals surface area contributed by atoms with E-state index in [0.717, 1.165) is 52.0 Å². The molecular weight excluding hydrogens is 266 g/mol. The second kappa shape index (κ2) is 8.71. The Morgan fingerprint density at radius 3 is 2.81 bits per heavy atom. The molecule has 1 atom stereocenters. The van der Waals surface area contributed by atoms with Gasteiger partial charge in [0.05, 0.1) is 12.1 Å². The molecule has 1 unspecified atom stereocenters. The third-order valence-electron chi connectivity index (χ3n) is 4.45. The second-order valence-electron chi connectivity index (χ2n) is 6.44. The minimum absolute atomic E-state index is 0.0964. The number of hydrogen-bond donors (Lipinski definition) is 2. The van der Waals surface area contributed by atoms with Gasteiger partial charge in [-0.25, -0.2) is 0 Å². The molecule has 2 saturated heterocycles. The summed E-state index contributed by atoms with van der Waals surface area (Å²) in [7, 11) is 0. The Bertz CT molecular complexity index is 317. The Hall–Kier alpha value is -0.650. The van der Waals surface area contributed by atoms with Crippen molar-refractivity contribution in [2.45, 2.75) is 64.1 Å². The third kappa shape index (κ3) is 5.24. The largest absolute Gasteiger partial charge is 0.379 e. The predicted octanol–water partition coefficient (Wildman–Crippen LogP) is 1.13. The van der Waals surface area contributed by atoms with Crippen LogP contribution in [0.1, 0.15) is 46.0 Å². The van der Waals surface area contributed by atoms with E-state index in [-0.39, 0.29) is 18.1 Å². The second-order valence-corrected chi connectivity index (χ2v) is 6.44. The van der Waals surface area contributed by atoms with Gasteiger partial charge in [0.25, 0.3) is 0 Å². The van der Waals surface area contributed by atoms with Crippen molar-refractivity contribution in [3.05, 3.63) is 0 Å². The minimum Gasteiger partial charge on any atom is -0.379 e. The van der Waals surface area contributed by atoms with Crippen LogP contribution in [0.4, 0.5) is 0 Å². The molecule has 0 aromatic rings. The number of nitrogens with zero attached hydrogens (tertiary/aromatic N) is 1. The lowest BCUT2D eigenvalue weighted by Crippen LogP contribution is -2.50. The zero-order chi connectivity index (χ0) is 15.1. The zero-order valence-electron chi connectivity index (χ0n) is 13.6. The highest BCUT2D eigenvalue weighted by Gasteiger charge is 2.35. The van der Waals surface area contributed by atoms with Gasteiger partial charge in [0, 0.05) is 19.2 Å². The van der Waals surface area contributed by atoms with Crippen LogP contribution in [0.15, 0.2) is 0 Å². The molecule has 0 radical (unpaired) electrons. The Morgan fingerprint density at radius 2 is 2.10 bits per heavy atom. The van der Waals surface area contributed by atoms with Gasteiger partial charge in [0.2, 0.25) is 5.91 Å². The van der Waals surface area contributed by atoms with Crippen LogP contribution in [0.3, 0.4) is 0 Å². The van der Waals surface area contributed by atoms with Gasteiger partial charge in [-0.3, -0.25) is 9.69 Å². The summed E-state index contributed by atoms with van der Waals surface area (Å²) in [6.45, 7) is 8.77. The van der Waals surface area contributed by atoms with Crippen LogP contribution in [0.25, 0.3) is 0 Å². The highest BCUT2D eigenvalue weighted by molar-refractivity contribution is 5.82. The third-order valence-corrected chi connectivity index (χ3v) is 4.45. The van der Waals surface area contributed by atoms with Crippen molar-refractivity contribution in [3.8, 4) is 0 Å². The standard InChI is InChI=1S/C16H31N3O2/c1-13(2)21-12-4-8-18-16(20)15-5-3-11-19(15)14-6-9-17-10-7-14/h13-15,17H,3-12H2,1-2H3,(H,18,20). The molecule has 0 bridgehead atoms. The Labute approximate surface area is 128 Å². The summed E-state index contributed by atoms with van der Waals surface area (Å²) in [6, 6.07) is 0.688. The van der Waals surface area contributed by atoms with E-state index >= 15 is 0 Å². The summed E-state index contributed by atoms with van der Waals surface area (Å²) >= 11 is 0. The summed E-state index contributed by atoms with van der Waals surface area (Å²) in [5.41, 5.74) is 0. The van der Waals surface area contributed by atoms with Crippen LogP contribution in [0.2, 0.25) is 0 Å². The number of nitrogens with one attached hydrogen (secondary N) is 2. The average molecular weight is 297 g/mol. The maximum atomic E-state index is 12.4. The number of piperidine rings is 1. The maximum absolute atomic E-state index is 12.4. The molecule has 122 valence electrons. The summed E-state index contributed by atoms with van der Waals surface area (Å²) in [6.07, 6.45) is 5.67. The lowest BCUT2D eigenvalue weighted by molar-refractivity contribution is -0.126. The summed E-state index contributed by atoms with van der Waals surface area (Å²) in [5.74, 6) is 0.218. The fourth-order valence-corrected chi connectivity index (χ4v) is 3.37. The van der Waals surface area contributed by atoms with E-state index in [1.54, 1.807) is 0 Å². The van der Waals surface area contributed by atoms with E-state index in [9.17, 15) is 4.79 Å². The first-order valence-electron chi connectivity index (χ1n) is 8.54. The van der Waals surface area contributed by atoms with E-state index in [0.29, 0.717) is 6.04 Å². The van der Waals surface area contributed by atoms with Crippen LogP contribution in [0, 0.1) is 0 Å². The van der Waals surface area contributed by atoms with Crippen molar-refractivity contribution in [1.29, 1.82) is 0 Å². The van der Waals surface area contributed by atoms with Gasteiger partial charge in [-0.2, -0.15) is 0 Å². The first-order chi connectivity index (χ1) is 10.2. The molecular formula is C16H31N3O2. The van der Waals surface area contributed by atoms with Crippen molar-refractivity contribution in [3.63, 3.8) is 0 Å². The zero-order valence-corrected chi connectivity index (χ0v) is 13.6. The number of ether oxygens (including phenoxy) is 1. The summed E-state index contributed by atoms with van der Waals surface area (Å²) < 4.78 is 5.50. The number of rotatable bonds is 7. The maximum Gasteiger partial charge on any atom is 0.237 e. The first kappa shape index (κ1) is 16.7. The molecule has 2 aliphatic heterocycles. The van der Waals surface area contributed by atoms with Crippen LogP contribution in [0.5, 0.6) is 0 Å². The van der Waals surface area contributed by atoms with Gasteiger partial charge in [-0.05, 0) is 65.6 Å². The molecule has 21 heavy (non-hydrogen) atoms. The van der Waals surface area contributed by atoms with E-state index < -0.39 is 0 Å². The molecule has 2 N–H and O–H groups in total. The molecule has 2 heterocycles. The number of likely N-dealkylation sites (tertiary alicyclic amines) is 1. The lowest BCUT2D eigenvalue weighted by Gasteiger charge is -2.35. The number of hydrogen-bond acceptors (Lipinski definition) is 4. The molecule has 0 spiro atoms. The van der Waals surface area contributed by atoms with Gasteiger partial charge in [0.15, 0.2) is 0 Å². The van der Waals surface area contributed by atoms with Gasteiger partial charge in [-0.1, -0.05) is 0 Å². The Kier molecular flexibility index (Phi) is 6.93. The van der Waals surface area contributed by atoms with Crippen LogP contribution < -0.4 is 10.6 Å². The fraction of sp³-hybridized carbons (Fsp3) is 0.938. The molecule has 5 heteroatoms. The smallest absolute Gasteiger partial charge is 0.237 e. The molecule has 0 aromatic heterocycles. The molecule has 0 saturated carbocycles. The molecule has 2 fully saturated rings. The number of carbonyl (C=O) groups is 1. The molecule has 0 aliphatic carbocycles. The summed E-state index contributed by atoms with van der Waals surface area (Å²) in [4.78, 5) is 14.8. The van der Waals surface area contributed by atoms with Crippen LogP contribution in [-0.2, 0) is 9.53 Å². The van der Waals surface area contributed by atoms with E-state index in [1.807, 2.05) is 13.8 Å². The topological polar surface area (TPSA) is 53.6 Å². The van der Waals surface area contributed by atoms with E-state index in [1.165, 1.54) is 12.8 Å². The van der Waals surface area contributed by atoms with Gasteiger partial charge >= 0.3 is 0 Å². The van der Waals surface area contributed by atoms with Crippen molar-refractivity contribution >= 4 is 5.91 Å². The minimum atomic E-state index is 0.0964. The van der Waals surface area contributed by atoms with Crippen LogP contribution >= 0.6 is 0 Å². The average Bonchev–Trinajstić information content (AvgIpc) is 2.97. The number of carbonyl (C=O) groups excluding carboxylic acids is 1. The Balaban J connectivity index is 1.70.